The summed E-state index contributed by atoms with van der Waals surface area (Å²) in [6.45, 7) is 4.95. The topological polar surface area (TPSA) is 45.0 Å². The molecule has 1 saturated carbocycles. The van der Waals surface area contributed by atoms with Gasteiger partial charge in [0.2, 0.25) is 0 Å². The van der Waals surface area contributed by atoms with Gasteiger partial charge >= 0.3 is 0 Å². The zero-order valence-corrected chi connectivity index (χ0v) is 10.8. The molecule has 2 unspecified atom stereocenters. The summed E-state index contributed by atoms with van der Waals surface area (Å²) in [4.78, 5) is 0. The molecule has 2 atom stereocenters. The first kappa shape index (κ1) is 13.5. The monoisotopic (exact) mass is 224 g/mol. The molecule has 1 fully saturated rings. The molecule has 0 bridgehead atoms. The van der Waals surface area contributed by atoms with E-state index >= 15 is 0 Å². The van der Waals surface area contributed by atoms with Gasteiger partial charge in [0, 0.05) is 19.7 Å². The smallest absolute Gasteiger partial charge is 0.0746 e. The first-order valence-electron chi connectivity index (χ1n) is 6.27. The van der Waals surface area contributed by atoms with Crippen molar-refractivity contribution in [3.63, 3.8) is 0 Å². The first-order valence-corrected chi connectivity index (χ1v) is 6.27. The van der Waals surface area contributed by atoms with E-state index in [-0.39, 0.29) is 11.5 Å². The summed E-state index contributed by atoms with van der Waals surface area (Å²) < 4.78 is 5.38. The minimum atomic E-state index is -0.147. The van der Waals surface area contributed by atoms with Crippen LogP contribution >= 0.6 is 0 Å². The van der Waals surface area contributed by atoms with E-state index in [1.807, 2.05) is 0 Å². The van der Waals surface area contributed by atoms with E-state index in [2.05, 4.69) is 25.2 Å². The van der Waals surface area contributed by atoms with Gasteiger partial charge in [0.1, 0.15) is 0 Å². The van der Waals surface area contributed by atoms with Crippen LogP contribution in [0.25, 0.3) is 0 Å². The van der Waals surface area contributed by atoms with Crippen LogP contribution in [0, 0.1) is 17.2 Å². The number of hydrogen-bond acceptors (Lipinski definition) is 3. The molecule has 0 radical (unpaired) electrons. The minimum Gasteiger partial charge on any atom is -0.377 e. The predicted molar refractivity (Wildman–Crippen MR) is 65.1 cm³/mol. The van der Waals surface area contributed by atoms with Crippen molar-refractivity contribution in [1.82, 2.24) is 5.32 Å². The Morgan fingerprint density at radius 2 is 2.00 bits per heavy atom. The van der Waals surface area contributed by atoms with Gasteiger partial charge in [-0.1, -0.05) is 19.3 Å². The highest BCUT2D eigenvalue weighted by Crippen LogP contribution is 2.23. The van der Waals surface area contributed by atoms with Gasteiger partial charge in [0.05, 0.1) is 17.6 Å². The zero-order chi connectivity index (χ0) is 12.0. The number of nitrogens with one attached hydrogen (secondary N) is 1. The fraction of sp³-hybridized carbons (Fsp3) is 0.923. The van der Waals surface area contributed by atoms with Crippen molar-refractivity contribution in [2.75, 3.05) is 13.7 Å². The van der Waals surface area contributed by atoms with Gasteiger partial charge in [-0.2, -0.15) is 5.26 Å². The molecule has 0 amide bonds. The number of rotatable bonds is 4. The van der Waals surface area contributed by atoms with Crippen LogP contribution in [0.2, 0.25) is 0 Å². The highest BCUT2D eigenvalue weighted by Gasteiger charge is 2.25. The second kappa shape index (κ2) is 6.22. The van der Waals surface area contributed by atoms with Gasteiger partial charge in [0.15, 0.2) is 0 Å². The van der Waals surface area contributed by atoms with Crippen molar-refractivity contribution >= 4 is 0 Å². The van der Waals surface area contributed by atoms with E-state index < -0.39 is 0 Å². The Morgan fingerprint density at radius 3 is 2.62 bits per heavy atom. The van der Waals surface area contributed by atoms with E-state index in [0.29, 0.717) is 6.04 Å². The second-order valence-corrected chi connectivity index (χ2v) is 5.32. The molecule has 0 aromatic rings. The fourth-order valence-corrected chi connectivity index (χ4v) is 2.16. The lowest BCUT2D eigenvalue weighted by molar-refractivity contribution is 0.0198. The maximum absolute atomic E-state index is 9.15. The molecule has 16 heavy (non-hydrogen) atoms. The highest BCUT2D eigenvalue weighted by molar-refractivity contribution is 4.94. The highest BCUT2D eigenvalue weighted by atomic mass is 16.5. The number of methoxy groups -OCH3 is 1. The molecule has 0 aliphatic heterocycles. The molecular formula is C13H24N2O. The quantitative estimate of drug-likeness (QED) is 0.746. The van der Waals surface area contributed by atoms with Gasteiger partial charge in [-0.3, -0.25) is 0 Å². The van der Waals surface area contributed by atoms with Crippen molar-refractivity contribution in [2.24, 2.45) is 5.92 Å². The SMILES string of the molecule is COC(C)(C)CNC1CCCCCC1C#N. The van der Waals surface area contributed by atoms with Gasteiger partial charge in [0.25, 0.3) is 0 Å². The fourth-order valence-electron chi connectivity index (χ4n) is 2.16. The average molecular weight is 224 g/mol. The zero-order valence-electron chi connectivity index (χ0n) is 10.8. The van der Waals surface area contributed by atoms with Crippen LogP contribution in [0.5, 0.6) is 0 Å². The molecule has 0 spiro atoms. The first-order chi connectivity index (χ1) is 7.59. The Morgan fingerprint density at radius 1 is 1.31 bits per heavy atom. The molecule has 92 valence electrons. The molecule has 0 aromatic heterocycles. The minimum absolute atomic E-state index is 0.147. The third-order valence-electron chi connectivity index (χ3n) is 3.52. The maximum atomic E-state index is 9.15. The number of nitriles is 1. The van der Waals surface area contributed by atoms with E-state index in [1.165, 1.54) is 19.3 Å². The normalized spacial score (nSPS) is 27.1. The van der Waals surface area contributed by atoms with Crippen LogP contribution in [0.4, 0.5) is 0 Å². The van der Waals surface area contributed by atoms with Crippen molar-refractivity contribution in [2.45, 2.75) is 57.6 Å². The molecule has 0 saturated heterocycles. The lowest BCUT2D eigenvalue weighted by atomic mass is 9.95. The third-order valence-corrected chi connectivity index (χ3v) is 3.52. The summed E-state index contributed by atoms with van der Waals surface area (Å²) in [5.74, 6) is 0.176. The average Bonchev–Trinajstić information content (AvgIpc) is 2.51. The van der Waals surface area contributed by atoms with E-state index in [1.54, 1.807) is 7.11 Å². The molecule has 0 aromatic carbocycles. The van der Waals surface area contributed by atoms with Gasteiger partial charge < -0.3 is 10.1 Å². The van der Waals surface area contributed by atoms with Crippen molar-refractivity contribution in [1.29, 1.82) is 5.26 Å². The van der Waals surface area contributed by atoms with Crippen LogP contribution in [-0.4, -0.2) is 25.3 Å². The summed E-state index contributed by atoms with van der Waals surface area (Å²) in [5, 5.41) is 12.7. The number of hydrogen-bond donors (Lipinski definition) is 1. The lowest BCUT2D eigenvalue weighted by Gasteiger charge is -2.28. The Labute approximate surface area is 99.2 Å². The molecule has 0 heterocycles. The summed E-state index contributed by atoms with van der Waals surface area (Å²) in [6.07, 6.45) is 5.87. The van der Waals surface area contributed by atoms with Gasteiger partial charge in [-0.15, -0.1) is 0 Å². The largest absolute Gasteiger partial charge is 0.377 e. The molecule has 3 nitrogen and oxygen atoms in total. The molecule has 1 rings (SSSR count). The van der Waals surface area contributed by atoms with Crippen molar-refractivity contribution in [3.05, 3.63) is 0 Å². The van der Waals surface area contributed by atoms with Crippen LogP contribution < -0.4 is 5.32 Å². The van der Waals surface area contributed by atoms with Crippen molar-refractivity contribution in [3.8, 4) is 6.07 Å². The summed E-state index contributed by atoms with van der Waals surface area (Å²) in [5.41, 5.74) is -0.147. The second-order valence-electron chi connectivity index (χ2n) is 5.32. The van der Waals surface area contributed by atoms with Gasteiger partial charge in [-0.25, -0.2) is 0 Å². The molecule has 1 aliphatic carbocycles. The number of ether oxygens (including phenoxy) is 1. The van der Waals surface area contributed by atoms with Crippen molar-refractivity contribution < 1.29 is 4.74 Å². The van der Waals surface area contributed by atoms with Crippen LogP contribution in [0.3, 0.4) is 0 Å². The maximum Gasteiger partial charge on any atom is 0.0746 e. The Balaban J connectivity index is 2.46. The Hall–Kier alpha value is -0.590. The molecule has 1 aliphatic rings. The van der Waals surface area contributed by atoms with Crippen LogP contribution in [0.1, 0.15) is 46.0 Å². The molecular weight excluding hydrogens is 200 g/mol. The predicted octanol–water partition coefficient (Wildman–Crippen LogP) is 2.47. The van der Waals surface area contributed by atoms with E-state index in [0.717, 1.165) is 19.4 Å². The third kappa shape index (κ3) is 4.11. The van der Waals surface area contributed by atoms with E-state index in [9.17, 15) is 0 Å². The van der Waals surface area contributed by atoms with Crippen LogP contribution in [-0.2, 0) is 4.74 Å². The van der Waals surface area contributed by atoms with E-state index in [4.69, 9.17) is 10.00 Å². The van der Waals surface area contributed by atoms with Crippen LogP contribution in [0.15, 0.2) is 0 Å². The Bertz CT molecular complexity index is 245. The van der Waals surface area contributed by atoms with Gasteiger partial charge in [-0.05, 0) is 26.7 Å². The molecule has 1 N–H and O–H groups in total. The summed E-state index contributed by atoms with van der Waals surface area (Å²) >= 11 is 0. The number of nitrogens with zero attached hydrogens (tertiary/aromatic N) is 1. The Kier molecular flexibility index (Phi) is 5.24. The summed E-state index contributed by atoms with van der Waals surface area (Å²) in [6, 6.07) is 2.79. The summed E-state index contributed by atoms with van der Waals surface area (Å²) in [7, 11) is 1.73. The molecule has 3 heteroatoms. The standard InChI is InChI=1S/C13H24N2O/c1-13(2,16-3)10-15-12-8-6-4-5-7-11(12)9-14/h11-12,15H,4-8,10H2,1-3H3. The lowest BCUT2D eigenvalue weighted by Crippen LogP contribution is -2.44.